The molecule has 0 aliphatic carbocycles. The summed E-state index contributed by atoms with van der Waals surface area (Å²) < 4.78 is 10.9. The van der Waals surface area contributed by atoms with Crippen LogP contribution in [0.5, 0.6) is 5.75 Å². The second-order valence-corrected chi connectivity index (χ2v) is 4.91. The lowest BCUT2D eigenvalue weighted by Crippen LogP contribution is -2.48. The lowest BCUT2D eigenvalue weighted by molar-refractivity contribution is -0.0712. The fourth-order valence-corrected chi connectivity index (χ4v) is 2.75. The summed E-state index contributed by atoms with van der Waals surface area (Å²) in [6.45, 7) is 5.69. The molecule has 0 unspecified atom stereocenters. The van der Waals surface area contributed by atoms with Gasteiger partial charge < -0.3 is 14.6 Å². The van der Waals surface area contributed by atoms with E-state index in [-0.39, 0.29) is 12.0 Å². The number of rotatable bonds is 4. The van der Waals surface area contributed by atoms with Gasteiger partial charge in [0.15, 0.2) is 0 Å². The van der Waals surface area contributed by atoms with Crippen molar-refractivity contribution >= 4 is 0 Å². The Hall–Kier alpha value is -1.06. The van der Waals surface area contributed by atoms with Crippen molar-refractivity contribution < 1.29 is 14.6 Å². The molecule has 1 heterocycles. The minimum absolute atomic E-state index is 0.0577. The molecule has 1 aromatic rings. The number of aliphatic hydroxyl groups excluding tert-OH is 1. The summed E-state index contributed by atoms with van der Waals surface area (Å²) in [5.74, 6) is 0.916. The van der Waals surface area contributed by atoms with E-state index in [2.05, 4.69) is 26.0 Å². The Morgan fingerprint density at radius 3 is 2.53 bits per heavy atom. The molecular weight excluding hydrogens is 216 g/mol. The van der Waals surface area contributed by atoms with Gasteiger partial charge in [0, 0.05) is 17.6 Å². The molecule has 1 aromatic carbocycles. The molecule has 1 N–H and O–H groups in total. The maximum absolute atomic E-state index is 9.24. The quantitative estimate of drug-likeness (QED) is 0.868. The molecule has 0 amide bonds. The Balaban J connectivity index is 2.49. The van der Waals surface area contributed by atoms with E-state index in [1.54, 1.807) is 7.11 Å². The monoisotopic (exact) mass is 236 g/mol. The first-order valence-electron chi connectivity index (χ1n) is 5.97. The molecule has 2 rings (SSSR count). The van der Waals surface area contributed by atoms with Crippen molar-refractivity contribution in [3.05, 3.63) is 28.8 Å². The van der Waals surface area contributed by atoms with Crippen LogP contribution in [0.15, 0.2) is 12.1 Å². The maximum atomic E-state index is 9.24. The zero-order valence-corrected chi connectivity index (χ0v) is 10.7. The Morgan fingerprint density at radius 2 is 2.06 bits per heavy atom. The average molecular weight is 236 g/mol. The summed E-state index contributed by atoms with van der Waals surface area (Å²) >= 11 is 0. The predicted octanol–water partition coefficient (Wildman–Crippen LogP) is 1.96. The second-order valence-electron chi connectivity index (χ2n) is 4.91. The highest BCUT2D eigenvalue weighted by Crippen LogP contribution is 2.42. The maximum Gasteiger partial charge on any atom is 0.123 e. The van der Waals surface area contributed by atoms with Gasteiger partial charge in [0.25, 0.3) is 0 Å². The van der Waals surface area contributed by atoms with Gasteiger partial charge >= 0.3 is 0 Å². The Bertz CT molecular complexity index is 408. The van der Waals surface area contributed by atoms with Gasteiger partial charge in [-0.3, -0.25) is 0 Å². The molecule has 3 heteroatoms. The molecule has 0 atom stereocenters. The largest absolute Gasteiger partial charge is 0.496 e. The molecule has 0 bridgehead atoms. The summed E-state index contributed by atoms with van der Waals surface area (Å²) in [6, 6.07) is 4.22. The van der Waals surface area contributed by atoms with Gasteiger partial charge in [0.2, 0.25) is 0 Å². The Labute approximate surface area is 102 Å². The smallest absolute Gasteiger partial charge is 0.123 e. The zero-order chi connectivity index (χ0) is 12.5. The molecule has 0 aromatic heterocycles. The van der Waals surface area contributed by atoms with Gasteiger partial charge in [-0.2, -0.15) is 0 Å². The van der Waals surface area contributed by atoms with Crippen LogP contribution in [0, 0.1) is 13.8 Å². The minimum atomic E-state index is -0.0577. The molecule has 1 fully saturated rings. The van der Waals surface area contributed by atoms with Gasteiger partial charge in [-0.1, -0.05) is 6.07 Å². The number of aryl methyl sites for hydroxylation is 2. The minimum Gasteiger partial charge on any atom is -0.496 e. The van der Waals surface area contributed by atoms with E-state index in [1.165, 1.54) is 16.7 Å². The van der Waals surface area contributed by atoms with E-state index in [1.807, 2.05) is 0 Å². The van der Waals surface area contributed by atoms with Crippen LogP contribution in [0.3, 0.4) is 0 Å². The summed E-state index contributed by atoms with van der Waals surface area (Å²) in [5.41, 5.74) is 3.56. The predicted molar refractivity (Wildman–Crippen MR) is 66.7 cm³/mol. The average Bonchev–Trinajstić information content (AvgIpc) is 2.23. The molecule has 1 aliphatic rings. The topological polar surface area (TPSA) is 38.7 Å². The first-order chi connectivity index (χ1) is 8.13. The van der Waals surface area contributed by atoms with E-state index < -0.39 is 0 Å². The van der Waals surface area contributed by atoms with E-state index in [0.29, 0.717) is 13.2 Å². The van der Waals surface area contributed by atoms with Crippen molar-refractivity contribution in [1.82, 2.24) is 0 Å². The van der Waals surface area contributed by atoms with Crippen LogP contribution >= 0.6 is 0 Å². The van der Waals surface area contributed by atoms with Crippen LogP contribution < -0.4 is 4.74 Å². The molecule has 1 aliphatic heterocycles. The number of hydrogen-bond acceptors (Lipinski definition) is 3. The molecule has 0 spiro atoms. The van der Waals surface area contributed by atoms with Gasteiger partial charge in [-0.05, 0) is 37.5 Å². The lowest BCUT2D eigenvalue weighted by Gasteiger charge is -2.43. The van der Waals surface area contributed by atoms with Crippen LogP contribution in [-0.2, 0) is 10.2 Å². The number of hydrogen-bond donors (Lipinski definition) is 1. The van der Waals surface area contributed by atoms with Crippen molar-refractivity contribution in [2.45, 2.75) is 25.7 Å². The summed E-state index contributed by atoms with van der Waals surface area (Å²) in [5, 5.41) is 9.24. The van der Waals surface area contributed by atoms with Crippen LogP contribution in [0.1, 0.15) is 23.1 Å². The number of methoxy groups -OCH3 is 1. The Morgan fingerprint density at radius 1 is 1.35 bits per heavy atom. The van der Waals surface area contributed by atoms with Crippen LogP contribution in [0.4, 0.5) is 0 Å². The van der Waals surface area contributed by atoms with Gasteiger partial charge in [0.1, 0.15) is 5.75 Å². The molecule has 3 nitrogen and oxygen atoms in total. The van der Waals surface area contributed by atoms with Gasteiger partial charge in [-0.25, -0.2) is 0 Å². The Kier molecular flexibility index (Phi) is 3.40. The zero-order valence-electron chi connectivity index (χ0n) is 10.7. The van der Waals surface area contributed by atoms with Crippen LogP contribution in [0.2, 0.25) is 0 Å². The van der Waals surface area contributed by atoms with Crippen LogP contribution in [0.25, 0.3) is 0 Å². The molecule has 94 valence electrons. The first kappa shape index (κ1) is 12.4. The van der Waals surface area contributed by atoms with E-state index in [0.717, 1.165) is 12.2 Å². The SMILES string of the molecule is COc1cc(C)cc(C)c1C1(CCO)COC1. The molecule has 0 radical (unpaired) electrons. The number of aliphatic hydroxyl groups is 1. The molecule has 17 heavy (non-hydrogen) atoms. The molecule has 1 saturated heterocycles. The number of ether oxygens (including phenoxy) is 2. The highest BCUT2D eigenvalue weighted by atomic mass is 16.5. The molecule has 0 saturated carbocycles. The lowest BCUT2D eigenvalue weighted by atomic mass is 9.73. The van der Waals surface area contributed by atoms with Crippen LogP contribution in [-0.4, -0.2) is 32.0 Å². The van der Waals surface area contributed by atoms with E-state index in [9.17, 15) is 5.11 Å². The second kappa shape index (κ2) is 4.67. The van der Waals surface area contributed by atoms with Crippen molar-refractivity contribution in [3.8, 4) is 5.75 Å². The molecular formula is C14H20O3. The fourth-order valence-electron chi connectivity index (χ4n) is 2.75. The van der Waals surface area contributed by atoms with E-state index >= 15 is 0 Å². The van der Waals surface area contributed by atoms with Crippen molar-refractivity contribution in [2.24, 2.45) is 0 Å². The fraction of sp³-hybridized carbons (Fsp3) is 0.571. The highest BCUT2D eigenvalue weighted by molar-refractivity contribution is 5.49. The standard InChI is InChI=1S/C14H20O3/c1-10-6-11(2)13(12(7-10)16-3)14(4-5-15)8-17-9-14/h6-7,15H,4-5,8-9H2,1-3H3. The first-order valence-corrected chi connectivity index (χ1v) is 5.97. The van der Waals surface area contributed by atoms with Gasteiger partial charge in [0.05, 0.1) is 20.3 Å². The highest BCUT2D eigenvalue weighted by Gasteiger charge is 2.42. The summed E-state index contributed by atoms with van der Waals surface area (Å²) in [6.07, 6.45) is 0.729. The summed E-state index contributed by atoms with van der Waals surface area (Å²) in [4.78, 5) is 0. The third-order valence-electron chi connectivity index (χ3n) is 3.54. The third-order valence-corrected chi connectivity index (χ3v) is 3.54. The van der Waals surface area contributed by atoms with Gasteiger partial charge in [-0.15, -0.1) is 0 Å². The number of benzene rings is 1. The normalized spacial score (nSPS) is 17.6. The van der Waals surface area contributed by atoms with Crippen molar-refractivity contribution in [1.29, 1.82) is 0 Å². The summed E-state index contributed by atoms with van der Waals surface area (Å²) in [7, 11) is 1.70. The third kappa shape index (κ3) is 2.05. The van der Waals surface area contributed by atoms with Crippen molar-refractivity contribution in [2.75, 3.05) is 26.9 Å². The van der Waals surface area contributed by atoms with E-state index in [4.69, 9.17) is 9.47 Å². The van der Waals surface area contributed by atoms with Crippen molar-refractivity contribution in [3.63, 3.8) is 0 Å².